The Labute approximate surface area is 145 Å². The molecule has 1 aliphatic rings. The number of rotatable bonds is 5. The van der Waals surface area contributed by atoms with Crippen LogP contribution in [0.4, 0.5) is 0 Å². The summed E-state index contributed by atoms with van der Waals surface area (Å²) >= 11 is 0. The number of aryl methyl sites for hydroxylation is 2. The van der Waals surface area contributed by atoms with Gasteiger partial charge in [0.1, 0.15) is 11.3 Å². The van der Waals surface area contributed by atoms with Crippen molar-refractivity contribution in [1.82, 2.24) is 19.0 Å². The van der Waals surface area contributed by atoms with Crippen molar-refractivity contribution in [2.24, 2.45) is 14.1 Å². The van der Waals surface area contributed by atoms with Crippen molar-refractivity contribution >= 4 is 16.9 Å². The zero-order valence-electron chi connectivity index (χ0n) is 14.9. The van der Waals surface area contributed by atoms with Crippen LogP contribution in [0.2, 0.25) is 0 Å². The van der Waals surface area contributed by atoms with E-state index in [-0.39, 0.29) is 17.6 Å². The number of hydrogen-bond donors (Lipinski definition) is 1. The molecule has 1 amide bonds. The van der Waals surface area contributed by atoms with E-state index < -0.39 is 5.69 Å². The largest absolute Gasteiger partial charge is 0.376 e. The highest BCUT2D eigenvalue weighted by Crippen LogP contribution is 2.17. The van der Waals surface area contributed by atoms with Gasteiger partial charge in [0.2, 0.25) is 0 Å². The molecule has 1 atom stereocenters. The molecule has 1 N–H and O–H groups in total. The molecule has 1 saturated heterocycles. The molecule has 2 aromatic rings. The predicted octanol–water partition coefficient (Wildman–Crippen LogP) is 0.358. The molecule has 136 valence electrons. The molecule has 1 aliphatic heterocycles. The Bertz CT molecular complexity index is 915. The monoisotopic (exact) mass is 348 g/mol. The standard InChI is InChI=1S/C17H24N4O4/c1-4-7-21-13(14(22)18-10-11-6-5-8-25-11)9-12-15(21)19(2)17(24)20(3)16(12)23/h9,11H,4-8,10H2,1-3H3,(H,18,22). The van der Waals surface area contributed by atoms with Crippen LogP contribution < -0.4 is 16.6 Å². The average Bonchev–Trinajstić information content (AvgIpc) is 3.24. The topological polar surface area (TPSA) is 87.3 Å². The van der Waals surface area contributed by atoms with Crippen LogP contribution in [0.5, 0.6) is 0 Å². The summed E-state index contributed by atoms with van der Waals surface area (Å²) in [6, 6.07) is 1.58. The van der Waals surface area contributed by atoms with E-state index in [1.54, 1.807) is 17.7 Å². The van der Waals surface area contributed by atoms with E-state index in [2.05, 4.69) is 5.32 Å². The van der Waals surface area contributed by atoms with Crippen molar-refractivity contribution in [1.29, 1.82) is 0 Å². The minimum atomic E-state index is -0.403. The lowest BCUT2D eigenvalue weighted by Crippen LogP contribution is -2.37. The lowest BCUT2D eigenvalue weighted by atomic mass is 10.2. The van der Waals surface area contributed by atoms with Gasteiger partial charge in [0.25, 0.3) is 11.5 Å². The van der Waals surface area contributed by atoms with Crippen molar-refractivity contribution < 1.29 is 9.53 Å². The van der Waals surface area contributed by atoms with Gasteiger partial charge in [0.15, 0.2) is 0 Å². The number of nitrogens with zero attached hydrogens (tertiary/aromatic N) is 3. The summed E-state index contributed by atoms with van der Waals surface area (Å²) in [5.74, 6) is -0.255. The molecule has 3 heterocycles. The lowest BCUT2D eigenvalue weighted by molar-refractivity contribution is 0.0850. The molecule has 25 heavy (non-hydrogen) atoms. The van der Waals surface area contributed by atoms with Crippen LogP contribution in [0, 0.1) is 0 Å². The van der Waals surface area contributed by atoms with Gasteiger partial charge in [-0.15, -0.1) is 0 Å². The number of nitrogens with one attached hydrogen (secondary N) is 1. The number of fused-ring (bicyclic) bond motifs is 1. The summed E-state index contributed by atoms with van der Waals surface area (Å²) in [5, 5.41) is 3.26. The molecule has 1 fully saturated rings. The molecule has 0 radical (unpaired) electrons. The molecule has 8 heteroatoms. The third kappa shape index (κ3) is 3.02. The van der Waals surface area contributed by atoms with Crippen molar-refractivity contribution in [3.63, 3.8) is 0 Å². The first-order valence-corrected chi connectivity index (χ1v) is 8.64. The van der Waals surface area contributed by atoms with Crippen molar-refractivity contribution in [3.8, 4) is 0 Å². The average molecular weight is 348 g/mol. The van der Waals surface area contributed by atoms with Crippen LogP contribution in [0.15, 0.2) is 15.7 Å². The maximum absolute atomic E-state index is 12.7. The predicted molar refractivity (Wildman–Crippen MR) is 94.0 cm³/mol. The highest BCUT2D eigenvalue weighted by Gasteiger charge is 2.22. The summed E-state index contributed by atoms with van der Waals surface area (Å²) in [6.07, 6.45) is 2.77. The van der Waals surface area contributed by atoms with E-state index in [0.29, 0.717) is 29.8 Å². The Morgan fingerprint density at radius 2 is 2.08 bits per heavy atom. The quantitative estimate of drug-likeness (QED) is 0.845. The van der Waals surface area contributed by atoms with E-state index in [1.165, 1.54) is 11.6 Å². The molecule has 8 nitrogen and oxygen atoms in total. The number of amides is 1. The first-order chi connectivity index (χ1) is 12.0. The van der Waals surface area contributed by atoms with Gasteiger partial charge < -0.3 is 14.6 Å². The van der Waals surface area contributed by atoms with Crippen molar-refractivity contribution in [2.45, 2.75) is 38.8 Å². The number of carbonyl (C=O) groups excluding carboxylic acids is 1. The van der Waals surface area contributed by atoms with Crippen LogP contribution in [0.25, 0.3) is 11.0 Å². The highest BCUT2D eigenvalue weighted by molar-refractivity contribution is 5.97. The van der Waals surface area contributed by atoms with E-state index in [0.717, 1.165) is 30.4 Å². The SMILES string of the molecule is CCCn1c(C(=O)NCC2CCCO2)cc2c(=O)n(C)c(=O)n(C)c21. The second-order valence-electron chi connectivity index (χ2n) is 6.47. The van der Waals surface area contributed by atoms with E-state index in [4.69, 9.17) is 4.74 Å². The van der Waals surface area contributed by atoms with Gasteiger partial charge in [-0.1, -0.05) is 6.92 Å². The summed E-state index contributed by atoms with van der Waals surface area (Å²) < 4.78 is 9.76. The molecule has 1 unspecified atom stereocenters. The van der Waals surface area contributed by atoms with Crippen LogP contribution in [0.3, 0.4) is 0 Å². The molecule has 0 spiro atoms. The minimum absolute atomic E-state index is 0.0465. The van der Waals surface area contributed by atoms with Gasteiger partial charge in [-0.05, 0) is 25.3 Å². The Morgan fingerprint density at radius 3 is 2.72 bits per heavy atom. The number of hydrogen-bond acceptors (Lipinski definition) is 4. The third-order valence-electron chi connectivity index (χ3n) is 4.69. The maximum Gasteiger partial charge on any atom is 0.332 e. The minimum Gasteiger partial charge on any atom is -0.376 e. The van der Waals surface area contributed by atoms with Gasteiger partial charge in [-0.3, -0.25) is 18.7 Å². The fourth-order valence-electron chi connectivity index (χ4n) is 3.38. The molecular formula is C17H24N4O4. The Balaban J connectivity index is 2.04. The molecule has 2 aromatic heterocycles. The summed E-state index contributed by atoms with van der Waals surface area (Å²) in [5.41, 5.74) is 0.0887. The van der Waals surface area contributed by atoms with Crippen molar-refractivity contribution in [2.75, 3.05) is 13.2 Å². The smallest absolute Gasteiger partial charge is 0.332 e. The highest BCUT2D eigenvalue weighted by atomic mass is 16.5. The van der Waals surface area contributed by atoms with Crippen molar-refractivity contribution in [3.05, 3.63) is 32.6 Å². The van der Waals surface area contributed by atoms with Gasteiger partial charge >= 0.3 is 5.69 Å². The fraction of sp³-hybridized carbons (Fsp3) is 0.588. The van der Waals surface area contributed by atoms with Gasteiger partial charge in [0.05, 0.1) is 11.5 Å². The van der Waals surface area contributed by atoms with Crippen LogP contribution in [-0.2, 0) is 25.4 Å². The second kappa shape index (κ2) is 6.87. The summed E-state index contributed by atoms with van der Waals surface area (Å²) in [4.78, 5) is 37.4. The third-order valence-corrected chi connectivity index (χ3v) is 4.69. The van der Waals surface area contributed by atoms with Gasteiger partial charge in [0, 0.05) is 33.8 Å². The Hall–Kier alpha value is -2.35. The molecule has 0 bridgehead atoms. The van der Waals surface area contributed by atoms with E-state index >= 15 is 0 Å². The zero-order chi connectivity index (χ0) is 18.1. The Kier molecular flexibility index (Phi) is 4.80. The normalized spacial score (nSPS) is 17.3. The first-order valence-electron chi connectivity index (χ1n) is 8.64. The maximum atomic E-state index is 12.7. The summed E-state index contributed by atoms with van der Waals surface area (Å²) in [6.45, 7) is 3.71. The molecule has 0 aromatic carbocycles. The number of ether oxygens (including phenoxy) is 1. The van der Waals surface area contributed by atoms with Gasteiger partial charge in [-0.25, -0.2) is 4.79 Å². The summed E-state index contributed by atoms with van der Waals surface area (Å²) in [7, 11) is 3.06. The van der Waals surface area contributed by atoms with Crippen LogP contribution >= 0.6 is 0 Å². The van der Waals surface area contributed by atoms with E-state index in [9.17, 15) is 14.4 Å². The molecule has 3 rings (SSSR count). The lowest BCUT2D eigenvalue weighted by Gasteiger charge is -2.14. The zero-order valence-corrected chi connectivity index (χ0v) is 14.9. The fourth-order valence-corrected chi connectivity index (χ4v) is 3.38. The first kappa shape index (κ1) is 17.5. The van der Waals surface area contributed by atoms with Gasteiger partial charge in [-0.2, -0.15) is 0 Å². The second-order valence-corrected chi connectivity index (χ2v) is 6.47. The molecule has 0 saturated carbocycles. The number of carbonyl (C=O) groups is 1. The van der Waals surface area contributed by atoms with Crippen LogP contribution in [0.1, 0.15) is 36.7 Å². The molecule has 0 aliphatic carbocycles. The number of aromatic nitrogens is 3. The Morgan fingerprint density at radius 1 is 1.32 bits per heavy atom. The van der Waals surface area contributed by atoms with Crippen LogP contribution in [-0.4, -0.2) is 38.9 Å². The molecular weight excluding hydrogens is 324 g/mol. The van der Waals surface area contributed by atoms with E-state index in [1.807, 2.05) is 6.92 Å².